The van der Waals surface area contributed by atoms with Crippen molar-refractivity contribution in [3.05, 3.63) is 53.7 Å². The van der Waals surface area contributed by atoms with Gasteiger partial charge >= 0.3 is 6.18 Å². The zero-order valence-electron chi connectivity index (χ0n) is 17.8. The number of rotatable bonds is 5. The van der Waals surface area contributed by atoms with Crippen LogP contribution in [-0.4, -0.2) is 63.2 Å². The third-order valence-electron chi connectivity index (χ3n) is 5.31. The first-order valence-electron chi connectivity index (χ1n) is 10.1. The molecule has 7 nitrogen and oxygen atoms in total. The third kappa shape index (κ3) is 5.70. The summed E-state index contributed by atoms with van der Waals surface area (Å²) < 4.78 is 64.1. The zero-order valence-corrected chi connectivity index (χ0v) is 18.7. The van der Waals surface area contributed by atoms with Crippen LogP contribution < -0.4 is 9.21 Å². The maximum Gasteiger partial charge on any atom is 0.417 e. The van der Waals surface area contributed by atoms with Crippen LogP contribution in [-0.2, 0) is 21.0 Å². The molecule has 32 heavy (non-hydrogen) atoms. The lowest BCUT2D eigenvalue weighted by atomic mass is 10.2. The third-order valence-corrected chi connectivity index (χ3v) is 6.44. The number of benzene rings is 1. The molecule has 1 aromatic heterocycles. The van der Waals surface area contributed by atoms with Crippen LogP contribution >= 0.6 is 0 Å². The molecule has 1 aliphatic rings. The number of sulfonamides is 1. The second kappa shape index (κ2) is 9.35. The van der Waals surface area contributed by atoms with E-state index in [2.05, 4.69) is 4.98 Å². The lowest BCUT2D eigenvalue weighted by molar-refractivity contribution is -0.137. The first kappa shape index (κ1) is 23.8. The molecule has 1 amide bonds. The summed E-state index contributed by atoms with van der Waals surface area (Å²) in [5.74, 6) is 0.0749. The Labute approximate surface area is 185 Å². The van der Waals surface area contributed by atoms with E-state index in [0.29, 0.717) is 44.1 Å². The predicted molar refractivity (Wildman–Crippen MR) is 116 cm³/mol. The van der Waals surface area contributed by atoms with E-state index in [1.54, 1.807) is 36.1 Å². The molecule has 1 aliphatic heterocycles. The fourth-order valence-electron chi connectivity index (χ4n) is 3.58. The Kier molecular flexibility index (Phi) is 6.97. The summed E-state index contributed by atoms with van der Waals surface area (Å²) >= 11 is 0. The predicted octanol–water partition coefficient (Wildman–Crippen LogP) is 2.91. The lowest BCUT2D eigenvalue weighted by Gasteiger charge is -2.28. The minimum absolute atomic E-state index is 0.312. The van der Waals surface area contributed by atoms with E-state index in [1.807, 2.05) is 4.90 Å². The van der Waals surface area contributed by atoms with Crippen molar-refractivity contribution >= 4 is 27.4 Å². The van der Waals surface area contributed by atoms with Gasteiger partial charge in [-0.3, -0.25) is 9.10 Å². The quantitative estimate of drug-likeness (QED) is 0.672. The van der Waals surface area contributed by atoms with E-state index in [1.165, 1.54) is 6.07 Å². The molecule has 0 N–H and O–H groups in total. The molecule has 0 spiro atoms. The Bertz CT molecular complexity index is 1060. The number of para-hydroxylation sites is 1. The number of hydrogen-bond donors (Lipinski definition) is 0. The van der Waals surface area contributed by atoms with Crippen molar-refractivity contribution in [3.8, 4) is 0 Å². The van der Waals surface area contributed by atoms with Crippen LogP contribution in [0.4, 0.5) is 24.7 Å². The van der Waals surface area contributed by atoms with Crippen molar-refractivity contribution in [1.82, 2.24) is 9.88 Å². The van der Waals surface area contributed by atoms with Gasteiger partial charge in [0.25, 0.3) is 0 Å². The molecule has 1 fully saturated rings. The summed E-state index contributed by atoms with van der Waals surface area (Å²) in [6, 6.07) is 9.25. The highest BCUT2D eigenvalue weighted by Gasteiger charge is 2.31. The monoisotopic (exact) mass is 470 g/mol. The van der Waals surface area contributed by atoms with Crippen LogP contribution in [0.1, 0.15) is 17.5 Å². The average Bonchev–Trinajstić information content (AvgIpc) is 2.97. The van der Waals surface area contributed by atoms with Crippen LogP contribution in [0, 0.1) is 6.92 Å². The van der Waals surface area contributed by atoms with Gasteiger partial charge < -0.3 is 9.80 Å². The van der Waals surface area contributed by atoms with Crippen LogP contribution in [0.2, 0.25) is 0 Å². The number of nitrogens with zero attached hydrogens (tertiary/aromatic N) is 4. The number of pyridine rings is 1. The van der Waals surface area contributed by atoms with Crippen molar-refractivity contribution < 1.29 is 26.4 Å². The summed E-state index contributed by atoms with van der Waals surface area (Å²) in [4.78, 5) is 20.3. The lowest BCUT2D eigenvalue weighted by Crippen LogP contribution is -2.44. The van der Waals surface area contributed by atoms with Gasteiger partial charge in [0, 0.05) is 32.4 Å². The molecule has 0 aliphatic carbocycles. The van der Waals surface area contributed by atoms with Crippen LogP contribution in [0.25, 0.3) is 0 Å². The van der Waals surface area contributed by atoms with Gasteiger partial charge in [-0.1, -0.05) is 18.2 Å². The standard InChI is InChI=1S/C21H25F3N4O3S/c1-16-6-3-4-7-18(16)28(32(2,30)31)15-20(29)27-11-5-10-26(12-13-27)19-9-8-17(14-25-19)21(22,23)24/h3-4,6-9,14H,5,10-13,15H2,1-2H3. The molecule has 174 valence electrons. The van der Waals surface area contributed by atoms with Crippen LogP contribution in [0.5, 0.6) is 0 Å². The first-order chi connectivity index (χ1) is 15.0. The van der Waals surface area contributed by atoms with Gasteiger partial charge in [0.1, 0.15) is 12.4 Å². The molecular formula is C21H25F3N4O3S. The van der Waals surface area contributed by atoms with E-state index in [-0.39, 0.29) is 12.5 Å². The molecule has 2 aromatic rings. The number of alkyl halides is 3. The Morgan fingerprint density at radius 2 is 1.81 bits per heavy atom. The molecule has 0 radical (unpaired) electrons. The topological polar surface area (TPSA) is 73.8 Å². The molecule has 0 unspecified atom stereocenters. The second-order valence-corrected chi connectivity index (χ2v) is 9.59. The van der Waals surface area contributed by atoms with Gasteiger partial charge in [0.15, 0.2) is 0 Å². The van der Waals surface area contributed by atoms with Gasteiger partial charge in [0.05, 0.1) is 17.5 Å². The molecule has 2 heterocycles. The Balaban J connectivity index is 1.69. The number of carbonyl (C=O) groups excluding carboxylic acids is 1. The number of amides is 1. The van der Waals surface area contributed by atoms with Crippen LogP contribution in [0.15, 0.2) is 42.6 Å². The number of carbonyl (C=O) groups is 1. The molecule has 3 rings (SSSR count). The minimum Gasteiger partial charge on any atom is -0.355 e. The van der Waals surface area contributed by atoms with Gasteiger partial charge in [0.2, 0.25) is 15.9 Å². The fourth-order valence-corrected chi connectivity index (χ4v) is 4.49. The van der Waals surface area contributed by atoms with Crippen molar-refractivity contribution in [2.75, 3.05) is 48.2 Å². The maximum atomic E-state index is 13.0. The summed E-state index contributed by atoms with van der Waals surface area (Å²) in [7, 11) is -3.68. The van der Waals surface area contributed by atoms with E-state index in [9.17, 15) is 26.4 Å². The van der Waals surface area contributed by atoms with E-state index < -0.39 is 21.8 Å². The Hall–Kier alpha value is -2.82. The summed E-state index contributed by atoms with van der Waals surface area (Å²) in [6.45, 7) is 3.10. The number of anilines is 2. The van der Waals surface area contributed by atoms with E-state index in [4.69, 9.17) is 0 Å². The second-order valence-electron chi connectivity index (χ2n) is 7.68. The van der Waals surface area contributed by atoms with Crippen LogP contribution in [0.3, 0.4) is 0 Å². The van der Waals surface area contributed by atoms with Gasteiger partial charge in [-0.25, -0.2) is 13.4 Å². The number of aryl methyl sites for hydroxylation is 1. The molecule has 0 bridgehead atoms. The van der Waals surface area contributed by atoms with Gasteiger partial charge in [-0.05, 0) is 37.1 Å². The highest BCUT2D eigenvalue weighted by atomic mass is 32.2. The van der Waals surface area contributed by atoms with Gasteiger partial charge in [-0.15, -0.1) is 0 Å². The van der Waals surface area contributed by atoms with Crippen molar-refractivity contribution in [2.45, 2.75) is 19.5 Å². The highest BCUT2D eigenvalue weighted by molar-refractivity contribution is 7.92. The molecule has 0 atom stereocenters. The van der Waals surface area contributed by atoms with E-state index >= 15 is 0 Å². The molecule has 1 aromatic carbocycles. The fraction of sp³-hybridized carbons (Fsp3) is 0.429. The van der Waals surface area contributed by atoms with Gasteiger partial charge in [-0.2, -0.15) is 13.2 Å². The normalized spacial score (nSPS) is 15.4. The molecule has 11 heteroatoms. The zero-order chi connectivity index (χ0) is 23.5. The Morgan fingerprint density at radius 1 is 1.09 bits per heavy atom. The van der Waals surface area contributed by atoms with E-state index in [0.717, 1.165) is 28.4 Å². The van der Waals surface area contributed by atoms with Crippen molar-refractivity contribution in [2.24, 2.45) is 0 Å². The smallest absolute Gasteiger partial charge is 0.355 e. The summed E-state index contributed by atoms with van der Waals surface area (Å²) in [6.07, 6.45) is -2.00. The number of aromatic nitrogens is 1. The maximum absolute atomic E-state index is 13.0. The molecule has 1 saturated heterocycles. The number of halogens is 3. The molecular weight excluding hydrogens is 445 g/mol. The van der Waals surface area contributed by atoms with Crippen molar-refractivity contribution in [1.29, 1.82) is 0 Å². The average molecular weight is 471 g/mol. The summed E-state index contributed by atoms with van der Waals surface area (Å²) in [5, 5.41) is 0. The first-order valence-corrected chi connectivity index (χ1v) is 11.9. The SMILES string of the molecule is Cc1ccccc1N(CC(=O)N1CCCN(c2ccc(C(F)(F)F)cn2)CC1)S(C)(=O)=O. The Morgan fingerprint density at radius 3 is 2.41 bits per heavy atom. The number of hydrogen-bond acceptors (Lipinski definition) is 5. The summed E-state index contributed by atoms with van der Waals surface area (Å²) in [5.41, 5.74) is 0.375. The highest BCUT2D eigenvalue weighted by Crippen LogP contribution is 2.29. The minimum atomic E-state index is -4.45. The molecule has 0 saturated carbocycles. The van der Waals surface area contributed by atoms with Crippen molar-refractivity contribution in [3.63, 3.8) is 0 Å². The largest absolute Gasteiger partial charge is 0.417 e.